The van der Waals surface area contributed by atoms with E-state index in [4.69, 9.17) is 16.3 Å². The van der Waals surface area contributed by atoms with Gasteiger partial charge in [0.05, 0.1) is 18.8 Å². The Balaban J connectivity index is 2.03. The fraction of sp³-hybridized carbons (Fsp3) is 0.250. The number of halogens is 1. The summed E-state index contributed by atoms with van der Waals surface area (Å²) in [5, 5.41) is 4.76. The van der Waals surface area contributed by atoms with Crippen LogP contribution in [0, 0.1) is 0 Å². The zero-order chi connectivity index (χ0) is 15.2. The molecule has 0 aliphatic rings. The normalized spacial score (nSPS) is 10.6. The van der Waals surface area contributed by atoms with E-state index in [1.165, 1.54) is 6.20 Å². The molecule has 4 nitrogen and oxygen atoms in total. The first kappa shape index (κ1) is 15.5. The molecule has 21 heavy (non-hydrogen) atoms. The van der Waals surface area contributed by atoms with Crippen molar-refractivity contribution in [1.82, 2.24) is 10.3 Å². The Morgan fingerprint density at radius 1 is 1.38 bits per heavy atom. The summed E-state index contributed by atoms with van der Waals surface area (Å²) >= 11 is 6.04. The van der Waals surface area contributed by atoms with Crippen LogP contribution in [0.5, 0.6) is 0 Å². The molecule has 1 heterocycles. The summed E-state index contributed by atoms with van der Waals surface area (Å²) in [7, 11) is 0. The maximum absolute atomic E-state index is 12.2. The number of hydrogen-bond acceptors (Lipinski definition) is 3. The fourth-order valence-corrected chi connectivity index (χ4v) is 2.13. The number of nitrogens with zero attached hydrogens (tertiary/aromatic N) is 1. The van der Waals surface area contributed by atoms with Crippen LogP contribution in [0.1, 0.15) is 17.3 Å². The molecule has 1 aromatic heterocycles. The summed E-state index contributed by atoms with van der Waals surface area (Å²) in [6, 6.07) is 7.43. The number of carbonyl (C=O) groups is 1. The predicted octanol–water partition coefficient (Wildman–Crippen LogP) is 3.21. The second-order valence-corrected chi connectivity index (χ2v) is 5.13. The Morgan fingerprint density at radius 2 is 2.10 bits per heavy atom. The Kier molecular flexibility index (Phi) is 5.31. The third-order valence-electron chi connectivity index (χ3n) is 2.87. The minimum Gasteiger partial charge on any atom is -0.375 e. The SMILES string of the molecule is C=C(C)COCCNC(=O)c1cnc(Cl)c2ccccc12. The van der Waals surface area contributed by atoms with E-state index in [1.807, 2.05) is 31.2 Å². The molecule has 0 bridgehead atoms. The molecule has 0 unspecified atom stereocenters. The van der Waals surface area contributed by atoms with Gasteiger partial charge < -0.3 is 10.1 Å². The molecule has 0 radical (unpaired) electrons. The molecule has 0 aliphatic heterocycles. The van der Waals surface area contributed by atoms with Gasteiger partial charge in [-0.05, 0) is 12.3 Å². The van der Waals surface area contributed by atoms with E-state index in [1.54, 1.807) is 0 Å². The van der Waals surface area contributed by atoms with Gasteiger partial charge in [-0.3, -0.25) is 4.79 Å². The van der Waals surface area contributed by atoms with Crippen LogP contribution in [-0.2, 0) is 4.74 Å². The predicted molar refractivity (Wildman–Crippen MR) is 84.7 cm³/mol. The Bertz CT molecular complexity index is 670. The van der Waals surface area contributed by atoms with Crippen LogP contribution in [0.2, 0.25) is 5.15 Å². The quantitative estimate of drug-likeness (QED) is 0.506. The van der Waals surface area contributed by atoms with E-state index in [2.05, 4.69) is 16.9 Å². The molecule has 1 N–H and O–H groups in total. The summed E-state index contributed by atoms with van der Waals surface area (Å²) in [4.78, 5) is 16.3. The van der Waals surface area contributed by atoms with Crippen molar-refractivity contribution in [3.8, 4) is 0 Å². The van der Waals surface area contributed by atoms with Crippen molar-refractivity contribution in [2.45, 2.75) is 6.92 Å². The maximum atomic E-state index is 12.2. The summed E-state index contributed by atoms with van der Waals surface area (Å²) in [5.41, 5.74) is 1.46. The van der Waals surface area contributed by atoms with Gasteiger partial charge in [0.1, 0.15) is 5.15 Å². The number of benzene rings is 1. The zero-order valence-corrected chi connectivity index (χ0v) is 12.6. The molecule has 5 heteroatoms. The number of rotatable bonds is 6. The van der Waals surface area contributed by atoms with Gasteiger partial charge in [0.15, 0.2) is 0 Å². The lowest BCUT2D eigenvalue weighted by Crippen LogP contribution is -2.27. The van der Waals surface area contributed by atoms with Crippen LogP contribution in [-0.4, -0.2) is 30.6 Å². The van der Waals surface area contributed by atoms with E-state index in [0.29, 0.717) is 30.5 Å². The van der Waals surface area contributed by atoms with Crippen molar-refractivity contribution in [3.05, 3.63) is 53.3 Å². The van der Waals surface area contributed by atoms with Gasteiger partial charge in [-0.2, -0.15) is 0 Å². The van der Waals surface area contributed by atoms with Crippen LogP contribution >= 0.6 is 11.6 Å². The number of hydrogen-bond donors (Lipinski definition) is 1. The average molecular weight is 305 g/mol. The number of carbonyl (C=O) groups excluding carboxylic acids is 1. The summed E-state index contributed by atoms with van der Waals surface area (Å²) in [6.45, 7) is 7.01. The van der Waals surface area contributed by atoms with E-state index < -0.39 is 0 Å². The van der Waals surface area contributed by atoms with Crippen molar-refractivity contribution in [1.29, 1.82) is 0 Å². The number of amides is 1. The highest BCUT2D eigenvalue weighted by Crippen LogP contribution is 2.23. The molecule has 1 aromatic carbocycles. The zero-order valence-electron chi connectivity index (χ0n) is 11.9. The summed E-state index contributed by atoms with van der Waals surface area (Å²) < 4.78 is 5.34. The fourth-order valence-electron chi connectivity index (χ4n) is 1.92. The molecule has 0 atom stereocenters. The van der Waals surface area contributed by atoms with Crippen molar-refractivity contribution in [3.63, 3.8) is 0 Å². The monoisotopic (exact) mass is 304 g/mol. The molecule has 2 rings (SSSR count). The minimum atomic E-state index is -0.186. The van der Waals surface area contributed by atoms with E-state index in [-0.39, 0.29) is 5.91 Å². The standard InChI is InChI=1S/C16H17ClN2O2/c1-11(2)10-21-8-7-18-16(20)14-9-19-15(17)13-6-4-3-5-12(13)14/h3-6,9H,1,7-8,10H2,2H3,(H,18,20). The molecule has 2 aromatic rings. The molecule has 1 amide bonds. The molecule has 0 fully saturated rings. The van der Waals surface area contributed by atoms with E-state index >= 15 is 0 Å². The largest absolute Gasteiger partial charge is 0.375 e. The van der Waals surface area contributed by atoms with Crippen LogP contribution in [0.15, 0.2) is 42.6 Å². The molecule has 110 valence electrons. The van der Waals surface area contributed by atoms with Crippen molar-refractivity contribution >= 4 is 28.3 Å². The van der Waals surface area contributed by atoms with Crippen LogP contribution in [0.4, 0.5) is 0 Å². The first-order chi connectivity index (χ1) is 10.1. The first-order valence-electron chi connectivity index (χ1n) is 6.63. The molecule has 0 spiro atoms. The second kappa shape index (κ2) is 7.20. The van der Waals surface area contributed by atoms with Crippen LogP contribution in [0.3, 0.4) is 0 Å². The van der Waals surface area contributed by atoms with Gasteiger partial charge in [0, 0.05) is 18.1 Å². The number of ether oxygens (including phenoxy) is 1. The highest BCUT2D eigenvalue weighted by molar-refractivity contribution is 6.34. The van der Waals surface area contributed by atoms with Gasteiger partial charge in [-0.1, -0.05) is 48.0 Å². The molecule has 0 saturated carbocycles. The smallest absolute Gasteiger partial charge is 0.253 e. The van der Waals surface area contributed by atoms with Gasteiger partial charge in [-0.25, -0.2) is 4.98 Å². The Labute approximate surface area is 128 Å². The van der Waals surface area contributed by atoms with E-state index in [0.717, 1.165) is 16.3 Å². The van der Waals surface area contributed by atoms with Crippen molar-refractivity contribution in [2.24, 2.45) is 0 Å². The molecule has 0 aliphatic carbocycles. The lowest BCUT2D eigenvalue weighted by Gasteiger charge is -2.09. The maximum Gasteiger partial charge on any atom is 0.253 e. The molecular weight excluding hydrogens is 288 g/mol. The van der Waals surface area contributed by atoms with Crippen molar-refractivity contribution < 1.29 is 9.53 Å². The van der Waals surface area contributed by atoms with Gasteiger partial charge in [-0.15, -0.1) is 0 Å². The van der Waals surface area contributed by atoms with Crippen LogP contribution in [0.25, 0.3) is 10.8 Å². The Morgan fingerprint density at radius 3 is 2.81 bits per heavy atom. The summed E-state index contributed by atoms with van der Waals surface area (Å²) in [6.07, 6.45) is 1.49. The Hall–Kier alpha value is -1.91. The minimum absolute atomic E-state index is 0.186. The molecule has 0 saturated heterocycles. The lowest BCUT2D eigenvalue weighted by molar-refractivity contribution is 0.0928. The number of aromatic nitrogens is 1. The number of fused-ring (bicyclic) bond motifs is 1. The number of pyridine rings is 1. The van der Waals surface area contributed by atoms with Gasteiger partial charge in [0.25, 0.3) is 5.91 Å². The average Bonchev–Trinajstić information content (AvgIpc) is 2.47. The number of nitrogens with one attached hydrogen (secondary N) is 1. The third kappa shape index (κ3) is 4.03. The summed E-state index contributed by atoms with van der Waals surface area (Å²) in [5.74, 6) is -0.186. The van der Waals surface area contributed by atoms with E-state index in [9.17, 15) is 4.79 Å². The highest BCUT2D eigenvalue weighted by atomic mass is 35.5. The lowest BCUT2D eigenvalue weighted by atomic mass is 10.1. The second-order valence-electron chi connectivity index (χ2n) is 4.77. The van der Waals surface area contributed by atoms with Crippen molar-refractivity contribution in [2.75, 3.05) is 19.8 Å². The van der Waals surface area contributed by atoms with Gasteiger partial charge >= 0.3 is 0 Å². The molecular formula is C16H17ClN2O2. The topological polar surface area (TPSA) is 51.2 Å². The highest BCUT2D eigenvalue weighted by Gasteiger charge is 2.12. The third-order valence-corrected chi connectivity index (χ3v) is 3.17. The van der Waals surface area contributed by atoms with Crippen LogP contribution < -0.4 is 5.32 Å². The van der Waals surface area contributed by atoms with Gasteiger partial charge in [0.2, 0.25) is 0 Å². The first-order valence-corrected chi connectivity index (χ1v) is 7.01.